The number of rotatable bonds is 5. The maximum Gasteiger partial charge on any atom is 0.269 e. The first kappa shape index (κ1) is 15.5. The average Bonchev–Trinajstić information content (AvgIpc) is 2.62. The van der Waals surface area contributed by atoms with Crippen LogP contribution in [0.1, 0.15) is 5.56 Å². The Labute approximate surface area is 136 Å². The van der Waals surface area contributed by atoms with E-state index in [1.807, 2.05) is 0 Å². The first-order chi connectivity index (χ1) is 11.6. The number of anilines is 1. The molecule has 3 aromatic rings. The van der Waals surface area contributed by atoms with Crippen molar-refractivity contribution in [2.75, 3.05) is 5.32 Å². The molecule has 24 heavy (non-hydrogen) atoms. The summed E-state index contributed by atoms with van der Waals surface area (Å²) < 4.78 is 13.8. The van der Waals surface area contributed by atoms with Gasteiger partial charge in [0.15, 0.2) is 5.82 Å². The van der Waals surface area contributed by atoms with Crippen molar-refractivity contribution in [2.45, 2.75) is 6.54 Å². The molecular weight excluding hydrogens is 313 g/mol. The van der Waals surface area contributed by atoms with Gasteiger partial charge in [0.2, 0.25) is 0 Å². The molecule has 0 saturated heterocycles. The molecule has 0 amide bonds. The molecule has 0 spiro atoms. The number of benzene rings is 1. The standard InChI is InChI=1S/C16H12FN5O2/c17-15-3-2-14(22(23)24)7-11(15)9-21-13-6-12(8-18-10-13)16-19-4-1-5-20-16/h1-8,10,21H,9H2. The first-order valence-corrected chi connectivity index (χ1v) is 7.02. The predicted molar refractivity (Wildman–Crippen MR) is 85.6 cm³/mol. The number of nitro benzene ring substituents is 1. The topological polar surface area (TPSA) is 93.8 Å². The Hall–Kier alpha value is -3.42. The maximum atomic E-state index is 13.8. The van der Waals surface area contributed by atoms with Gasteiger partial charge < -0.3 is 5.32 Å². The van der Waals surface area contributed by atoms with Crippen LogP contribution in [0, 0.1) is 15.9 Å². The third kappa shape index (κ3) is 3.49. The number of halogens is 1. The number of hydrogen-bond acceptors (Lipinski definition) is 6. The second kappa shape index (κ2) is 6.78. The van der Waals surface area contributed by atoms with Crippen molar-refractivity contribution in [2.24, 2.45) is 0 Å². The molecule has 0 atom stereocenters. The second-order valence-corrected chi connectivity index (χ2v) is 4.92. The van der Waals surface area contributed by atoms with Gasteiger partial charge in [0.25, 0.3) is 5.69 Å². The monoisotopic (exact) mass is 325 g/mol. The van der Waals surface area contributed by atoms with E-state index in [9.17, 15) is 14.5 Å². The molecule has 1 aromatic carbocycles. The van der Waals surface area contributed by atoms with Crippen molar-refractivity contribution in [3.8, 4) is 11.4 Å². The zero-order chi connectivity index (χ0) is 16.9. The number of pyridine rings is 1. The van der Waals surface area contributed by atoms with Crippen molar-refractivity contribution < 1.29 is 9.31 Å². The number of non-ortho nitro benzene ring substituents is 1. The Morgan fingerprint density at radius 2 is 1.96 bits per heavy atom. The van der Waals surface area contributed by atoms with Crippen LogP contribution < -0.4 is 5.32 Å². The minimum atomic E-state index is -0.558. The molecule has 120 valence electrons. The highest BCUT2D eigenvalue weighted by atomic mass is 19.1. The molecule has 0 saturated carbocycles. The van der Waals surface area contributed by atoms with Gasteiger partial charge in [-0.2, -0.15) is 0 Å². The average molecular weight is 325 g/mol. The van der Waals surface area contributed by atoms with E-state index < -0.39 is 10.7 Å². The summed E-state index contributed by atoms with van der Waals surface area (Å²) in [5.74, 6) is 0.0128. The first-order valence-electron chi connectivity index (χ1n) is 7.02. The van der Waals surface area contributed by atoms with E-state index in [1.54, 1.807) is 36.9 Å². The van der Waals surface area contributed by atoms with Crippen molar-refractivity contribution in [1.29, 1.82) is 0 Å². The van der Waals surface area contributed by atoms with Gasteiger partial charge >= 0.3 is 0 Å². The minimum absolute atomic E-state index is 0.0916. The van der Waals surface area contributed by atoms with E-state index >= 15 is 0 Å². The van der Waals surface area contributed by atoms with Crippen LogP contribution >= 0.6 is 0 Å². The fraction of sp³-hybridized carbons (Fsp3) is 0.0625. The van der Waals surface area contributed by atoms with Crippen LogP contribution in [0.3, 0.4) is 0 Å². The van der Waals surface area contributed by atoms with E-state index in [-0.39, 0.29) is 17.8 Å². The van der Waals surface area contributed by atoms with Crippen molar-refractivity contribution >= 4 is 11.4 Å². The van der Waals surface area contributed by atoms with Crippen LogP contribution in [0.4, 0.5) is 15.8 Å². The Morgan fingerprint density at radius 3 is 2.71 bits per heavy atom. The SMILES string of the molecule is O=[N+]([O-])c1ccc(F)c(CNc2cncc(-c3ncccn3)c2)c1. The van der Waals surface area contributed by atoms with Crippen LogP contribution in [0.15, 0.2) is 55.1 Å². The van der Waals surface area contributed by atoms with Gasteiger partial charge in [-0.3, -0.25) is 15.1 Å². The molecule has 2 heterocycles. The van der Waals surface area contributed by atoms with Gasteiger partial charge in [0.1, 0.15) is 5.82 Å². The lowest BCUT2D eigenvalue weighted by atomic mass is 10.2. The van der Waals surface area contributed by atoms with Gasteiger partial charge in [-0.15, -0.1) is 0 Å². The molecule has 0 radical (unpaired) electrons. The van der Waals surface area contributed by atoms with Crippen molar-refractivity contribution in [3.63, 3.8) is 0 Å². The van der Waals surface area contributed by atoms with Gasteiger partial charge in [-0.05, 0) is 18.2 Å². The molecule has 0 unspecified atom stereocenters. The molecular formula is C16H12FN5O2. The summed E-state index contributed by atoms with van der Waals surface area (Å²) in [5.41, 5.74) is 1.38. The summed E-state index contributed by atoms with van der Waals surface area (Å²) in [5, 5.41) is 13.8. The van der Waals surface area contributed by atoms with Gasteiger partial charge in [-0.25, -0.2) is 14.4 Å². The number of nitrogens with one attached hydrogen (secondary N) is 1. The smallest absolute Gasteiger partial charge is 0.269 e. The summed E-state index contributed by atoms with van der Waals surface area (Å²) in [6, 6.07) is 6.91. The molecule has 8 heteroatoms. The summed E-state index contributed by atoms with van der Waals surface area (Å²) in [6.07, 6.45) is 6.44. The Morgan fingerprint density at radius 1 is 1.17 bits per heavy atom. The summed E-state index contributed by atoms with van der Waals surface area (Å²) >= 11 is 0. The quantitative estimate of drug-likeness (QED) is 0.572. The highest BCUT2D eigenvalue weighted by Gasteiger charge is 2.11. The van der Waals surface area contributed by atoms with E-state index in [2.05, 4.69) is 20.3 Å². The summed E-state index contributed by atoms with van der Waals surface area (Å²) in [7, 11) is 0. The van der Waals surface area contributed by atoms with Crippen LogP contribution in [0.25, 0.3) is 11.4 Å². The Balaban J connectivity index is 1.78. The predicted octanol–water partition coefficient (Wildman–Crippen LogP) is 3.20. The van der Waals surface area contributed by atoms with Gasteiger partial charge in [0.05, 0.1) is 10.6 Å². The van der Waals surface area contributed by atoms with Crippen LogP contribution in [-0.2, 0) is 6.54 Å². The lowest BCUT2D eigenvalue weighted by Crippen LogP contribution is -2.03. The zero-order valence-electron chi connectivity index (χ0n) is 12.4. The molecule has 1 N–H and O–H groups in total. The molecule has 3 rings (SSSR count). The van der Waals surface area contributed by atoms with Crippen LogP contribution in [0.2, 0.25) is 0 Å². The maximum absolute atomic E-state index is 13.8. The van der Waals surface area contributed by atoms with E-state index in [0.29, 0.717) is 17.1 Å². The highest BCUT2D eigenvalue weighted by molar-refractivity contribution is 5.60. The molecule has 0 bridgehead atoms. The largest absolute Gasteiger partial charge is 0.380 e. The van der Waals surface area contributed by atoms with Crippen LogP contribution in [-0.4, -0.2) is 19.9 Å². The Kier molecular flexibility index (Phi) is 4.37. The lowest BCUT2D eigenvalue weighted by molar-refractivity contribution is -0.385. The number of aromatic nitrogens is 3. The molecule has 2 aromatic heterocycles. The van der Waals surface area contributed by atoms with E-state index in [4.69, 9.17) is 0 Å². The van der Waals surface area contributed by atoms with E-state index in [0.717, 1.165) is 12.1 Å². The zero-order valence-corrected chi connectivity index (χ0v) is 12.4. The minimum Gasteiger partial charge on any atom is -0.380 e. The molecule has 0 aliphatic carbocycles. The summed E-state index contributed by atoms with van der Waals surface area (Å²) in [6.45, 7) is 0.0916. The Bertz CT molecular complexity index is 873. The lowest BCUT2D eigenvalue weighted by Gasteiger charge is -2.08. The molecule has 0 fully saturated rings. The van der Waals surface area contributed by atoms with Crippen LogP contribution in [0.5, 0.6) is 0 Å². The normalized spacial score (nSPS) is 10.4. The molecule has 0 aliphatic heterocycles. The third-order valence-corrected chi connectivity index (χ3v) is 3.29. The molecule has 0 aliphatic rings. The number of hydrogen-bond donors (Lipinski definition) is 1. The fourth-order valence-electron chi connectivity index (χ4n) is 2.11. The second-order valence-electron chi connectivity index (χ2n) is 4.92. The third-order valence-electron chi connectivity index (χ3n) is 3.29. The van der Waals surface area contributed by atoms with Crippen molar-refractivity contribution in [3.05, 3.63) is 76.6 Å². The van der Waals surface area contributed by atoms with Gasteiger partial charge in [0, 0.05) is 54.6 Å². The number of nitrogens with zero attached hydrogens (tertiary/aromatic N) is 4. The van der Waals surface area contributed by atoms with Gasteiger partial charge in [-0.1, -0.05) is 0 Å². The fourth-order valence-corrected chi connectivity index (χ4v) is 2.11. The number of nitro groups is 1. The molecule has 7 nitrogen and oxygen atoms in total. The van der Waals surface area contributed by atoms with E-state index in [1.165, 1.54) is 6.07 Å². The summed E-state index contributed by atoms with van der Waals surface area (Å²) in [4.78, 5) is 22.6. The van der Waals surface area contributed by atoms with Crippen molar-refractivity contribution in [1.82, 2.24) is 15.0 Å². The highest BCUT2D eigenvalue weighted by Crippen LogP contribution is 2.20.